The molecule has 1 aromatic heterocycles. The summed E-state index contributed by atoms with van der Waals surface area (Å²) in [6.45, 7) is 10.6. The molecule has 8 aliphatic heterocycles. The first-order valence-electron chi connectivity index (χ1n) is 46.1. The van der Waals surface area contributed by atoms with Gasteiger partial charge in [-0.2, -0.15) is 10.1 Å². The lowest BCUT2D eigenvalue weighted by atomic mass is 9.92. The van der Waals surface area contributed by atoms with Gasteiger partial charge in [0.25, 0.3) is 29.5 Å². The lowest BCUT2D eigenvalue weighted by Crippen LogP contribution is -2.54. The monoisotopic (exact) mass is 1880 g/mol. The van der Waals surface area contributed by atoms with E-state index in [1.807, 2.05) is 35.2 Å². The molecule has 0 saturated carbocycles. The molecule has 3 unspecified atom stereocenters. The van der Waals surface area contributed by atoms with E-state index in [0.29, 0.717) is 174 Å². The van der Waals surface area contributed by atoms with Crippen LogP contribution in [0.1, 0.15) is 163 Å². The summed E-state index contributed by atoms with van der Waals surface area (Å²) in [5.74, 6) is -8.61. The van der Waals surface area contributed by atoms with Gasteiger partial charge in [0.1, 0.15) is 41.2 Å². The fraction of sp³-hybridized carbons (Fsp3) is 0.388. The van der Waals surface area contributed by atoms with Crippen LogP contribution in [0.25, 0.3) is 10.9 Å². The van der Waals surface area contributed by atoms with Gasteiger partial charge in [-0.25, -0.2) is 17.6 Å². The summed E-state index contributed by atoms with van der Waals surface area (Å²) in [7, 11) is 0. The van der Waals surface area contributed by atoms with Crippen molar-refractivity contribution in [3.63, 3.8) is 0 Å². The zero-order valence-corrected chi connectivity index (χ0v) is 75.5. The number of nitrogens with two attached hydrogens (primary N) is 3. The van der Waals surface area contributed by atoms with Crippen molar-refractivity contribution in [1.29, 1.82) is 0 Å². The highest BCUT2D eigenvalue weighted by atomic mass is 19.1. The normalized spacial score (nSPS) is 19.0. The van der Waals surface area contributed by atoms with Crippen LogP contribution in [-0.4, -0.2) is 259 Å². The Morgan fingerprint density at radius 1 is 0.533 bits per heavy atom. The fourth-order valence-electron chi connectivity index (χ4n) is 18.2. The van der Waals surface area contributed by atoms with Crippen molar-refractivity contribution in [2.75, 3.05) is 150 Å². The number of nitrogen functional groups attached to an aromatic ring is 1. The van der Waals surface area contributed by atoms with Crippen LogP contribution in [0, 0.1) is 29.2 Å². The first-order chi connectivity index (χ1) is 66.1. The lowest BCUT2D eigenvalue weighted by molar-refractivity contribution is -0.139. The fourth-order valence-corrected chi connectivity index (χ4v) is 18.2. The third kappa shape index (κ3) is 24.7. The van der Waals surface area contributed by atoms with Crippen LogP contribution in [0.3, 0.4) is 0 Å². The number of hydrogen-bond donors (Lipinski definition) is 13. The van der Waals surface area contributed by atoms with E-state index in [1.54, 1.807) is 60.7 Å². The maximum absolute atomic E-state index is 13.9. The number of halogens is 4. The van der Waals surface area contributed by atoms with Gasteiger partial charge in [-0.05, 0) is 221 Å². The number of carboxylic acids is 1. The summed E-state index contributed by atoms with van der Waals surface area (Å²) < 4.78 is 66.3. The second-order valence-electron chi connectivity index (χ2n) is 35.1. The first-order valence-corrected chi connectivity index (χ1v) is 46.1. The minimum absolute atomic E-state index is 0.0360. The molecule has 0 radical (unpaired) electrons. The predicted molar refractivity (Wildman–Crippen MR) is 502 cm³/mol. The molecule has 8 aromatic rings. The number of benzene rings is 7. The van der Waals surface area contributed by atoms with Crippen LogP contribution in [-0.2, 0) is 55.9 Å². The van der Waals surface area contributed by atoms with Crippen molar-refractivity contribution in [3.05, 3.63) is 230 Å². The Balaban J connectivity index is 0.000000175. The summed E-state index contributed by atoms with van der Waals surface area (Å²) in [6, 6.07) is 31.1. The second-order valence-corrected chi connectivity index (χ2v) is 35.1. The number of aromatic amines is 1. The third-order valence-corrected chi connectivity index (χ3v) is 25.4. The molecule has 6 fully saturated rings. The second kappa shape index (κ2) is 44.9. The van der Waals surface area contributed by atoms with Crippen molar-refractivity contribution in [1.82, 2.24) is 56.0 Å². The summed E-state index contributed by atoms with van der Waals surface area (Å²) >= 11 is 0. The molecular weight excluding hydrogens is 1770 g/mol. The number of amidine groups is 1. The number of rotatable bonds is 31. The number of nitrogens with one attached hydrogen (secondary N) is 9. The molecule has 6 saturated heterocycles. The van der Waals surface area contributed by atoms with E-state index < -0.39 is 94.5 Å². The van der Waals surface area contributed by atoms with E-state index in [-0.39, 0.29) is 103 Å². The Hall–Kier alpha value is -14.3. The average molecular weight is 1880 g/mol. The number of allylic oxidation sites excluding steroid dienone is 2. The maximum Gasteiger partial charge on any atom is 0.317 e. The number of imide groups is 4. The van der Waals surface area contributed by atoms with Gasteiger partial charge in [-0.1, -0.05) is 18.2 Å². The Labute approximate surface area is 786 Å². The largest absolute Gasteiger partial charge is 0.480 e. The van der Waals surface area contributed by atoms with E-state index >= 15 is 0 Å². The number of carbonyl (C=O) groups excluding carboxylic acids is 11. The number of hydrogen-bond acceptors (Lipinski definition) is 25. The number of piperazine rings is 2. The SMILES string of the molecule is NC(=NC(=O)c1ccc(N2CCN(CC(=O)NCCCCNc3ccc4c(c3)C(=O)N(C3CCC(=O)NC3=O)C4=O)CC2)cc1NC1CCOCC1)c1cc(Cc2cc(F)cc(F)c2)ccc1N.NCCCCNc1ccc2c(c1)C(=O)N(C1CCC(=O)NC1=O)C2=O.O=C(O)CN1CCN(C2=CCC(C(=O)Nc3n[nH]c4ccc(Cc5cc(F)cc(F)c5)cc34)C(NC3CCOCC3)=C2)CC1. The maximum atomic E-state index is 13.9. The van der Waals surface area contributed by atoms with E-state index in [9.17, 15) is 75.1 Å². The number of aromatic nitrogens is 2. The van der Waals surface area contributed by atoms with Gasteiger partial charge < -0.3 is 73.5 Å². The van der Waals surface area contributed by atoms with E-state index in [0.717, 1.165) is 107 Å². The Bertz CT molecular complexity index is 6000. The lowest BCUT2D eigenvalue weighted by Gasteiger charge is -2.38. The quantitative estimate of drug-likeness (QED) is 0.00494. The van der Waals surface area contributed by atoms with Crippen molar-refractivity contribution in [2.24, 2.45) is 22.4 Å². The van der Waals surface area contributed by atoms with Crippen molar-refractivity contribution in [3.8, 4) is 0 Å². The molecule has 1 aliphatic carbocycles. The standard InChI is InChI=1S/C49H54F2N10O7.C32H36F2N6O4.C17H20N4O4/c50-31-22-30(23-32(51)25-31)21-29-3-8-40(52)39(24-29)45(53)58-46(64)37-7-5-35(27-41(37)56-33-11-19-68-20-12-33)60-17-15-59(16-18-60)28-44(63)55-14-2-1-13-54-34-4-6-36-38(26-34)49(67)61(48(36)66)42-9-10-43(62)57-47(42)65;33-22-14-21(15-23(34)17-22)13-20-1-4-28-27(16-20)31(38-37-28)36-32(43)26-3-2-25(18-29(26)35-24-5-11-44-12-6-24)40-9-7-39(8-10-40)19-30(41)42;18-7-1-2-8-19-10-3-4-11-12(9-10)17(25)21(16(11)24)13-5-6-14(22)20-15(13)23/h3-8,22-27,33,42,54,56H,1-2,9-21,28,52H2,(H,55,63)(H2,53,58,64)(H,57,62,65);1-2,4,14-18,24,26,35H,3,5-13,19H2,(H,41,42)(H2,36,37,38,43);3-4,9,13,19H,1-2,5-8,18H2,(H,20,22,23). The molecule has 11 amide bonds. The van der Waals surface area contributed by atoms with Crippen LogP contribution in [0.2, 0.25) is 0 Å². The van der Waals surface area contributed by atoms with Crippen molar-refractivity contribution >= 4 is 122 Å². The topological polar surface area (TPSA) is 478 Å². The minimum atomic E-state index is -1.02. The first kappa shape index (κ1) is 97.3. The number of amides is 11. The van der Waals surface area contributed by atoms with E-state index in [2.05, 4.69) is 84.6 Å². The molecule has 0 bridgehead atoms. The van der Waals surface area contributed by atoms with Crippen LogP contribution < -0.4 is 64.6 Å². The molecule has 0 spiro atoms. The Morgan fingerprint density at radius 3 is 1.61 bits per heavy atom. The summed E-state index contributed by atoms with van der Waals surface area (Å²) in [6.07, 6.45) is 12.0. The number of carbonyl (C=O) groups is 12. The smallest absolute Gasteiger partial charge is 0.317 e. The number of ether oxygens (including phenoxy) is 2. The van der Waals surface area contributed by atoms with E-state index in [1.165, 1.54) is 24.3 Å². The van der Waals surface area contributed by atoms with Gasteiger partial charge in [0.2, 0.25) is 35.4 Å². The van der Waals surface area contributed by atoms with Gasteiger partial charge in [-0.15, -0.1) is 0 Å². The molecule has 137 heavy (non-hydrogen) atoms. The zero-order valence-electron chi connectivity index (χ0n) is 75.5. The van der Waals surface area contributed by atoms with Crippen LogP contribution in [0.5, 0.6) is 0 Å². The number of anilines is 6. The molecule has 7 aromatic carbocycles. The molecule has 9 heterocycles. The number of nitrogens with zero attached hydrogens (tertiary/aromatic N) is 8. The molecule has 9 aliphatic rings. The number of H-pyrrole nitrogens is 1. The van der Waals surface area contributed by atoms with E-state index in [4.69, 9.17) is 31.8 Å². The minimum Gasteiger partial charge on any atom is -0.480 e. The molecule has 3 atom stereocenters. The number of carboxylic acid groups (broad SMARTS) is 1. The summed E-state index contributed by atoms with van der Waals surface area (Å²) in [5, 5.41) is 41.2. The van der Waals surface area contributed by atoms with Gasteiger partial charge in [0, 0.05) is 186 Å². The van der Waals surface area contributed by atoms with Gasteiger partial charge in [0.05, 0.1) is 52.3 Å². The highest BCUT2D eigenvalue weighted by molar-refractivity contribution is 6.25. The number of fused-ring (bicyclic) bond motifs is 3. The number of aliphatic carboxylic acids is 1. The Kier molecular flexibility index (Phi) is 31.9. The van der Waals surface area contributed by atoms with Gasteiger partial charge in [-0.3, -0.25) is 92.9 Å². The number of aliphatic imine (C=N–C) groups is 1. The van der Waals surface area contributed by atoms with Crippen LogP contribution in [0.4, 0.5) is 51.8 Å². The highest BCUT2D eigenvalue weighted by Crippen LogP contribution is 2.36. The van der Waals surface area contributed by atoms with Crippen LogP contribution in [0.15, 0.2) is 156 Å². The number of piperidine rings is 2. The van der Waals surface area contributed by atoms with Gasteiger partial charge in [0.15, 0.2) is 5.82 Å². The molecule has 35 nitrogen and oxygen atoms in total. The predicted octanol–water partition coefficient (Wildman–Crippen LogP) is 7.67. The zero-order chi connectivity index (χ0) is 96.5. The molecular formula is C98H110F4N20O15. The van der Waals surface area contributed by atoms with Crippen molar-refractivity contribution < 1.29 is 89.7 Å². The molecule has 16 N–H and O–H groups in total. The summed E-state index contributed by atoms with van der Waals surface area (Å²) in [4.78, 5) is 165. The molecule has 39 heteroatoms. The number of unbranched alkanes of at least 4 members (excludes halogenated alkanes) is 2. The molecule has 17 rings (SSSR count). The molecule has 720 valence electrons. The third-order valence-electron chi connectivity index (χ3n) is 25.4. The van der Waals surface area contributed by atoms with Gasteiger partial charge >= 0.3 is 5.97 Å². The van der Waals surface area contributed by atoms with Crippen molar-refractivity contribution in [2.45, 2.75) is 120 Å². The highest BCUT2D eigenvalue weighted by Gasteiger charge is 2.47. The average Bonchev–Trinajstić information content (AvgIpc) is 1.62. The Morgan fingerprint density at radius 2 is 1.05 bits per heavy atom. The summed E-state index contributed by atoms with van der Waals surface area (Å²) in [5.41, 5.74) is 28.0. The van der Waals surface area contributed by atoms with Crippen LogP contribution >= 0.6 is 0 Å².